The number of nitrogens with zero attached hydrogens (tertiary/aromatic N) is 1. The SMILES string of the molecule is CN(C)C(CNC(=O)NCC1(CO)CC1)c1c(F)cccc1F. The maximum Gasteiger partial charge on any atom is 0.314 e. The largest absolute Gasteiger partial charge is 0.396 e. The molecule has 128 valence electrons. The van der Waals surface area contributed by atoms with E-state index in [1.807, 2.05) is 0 Å². The van der Waals surface area contributed by atoms with Crippen LogP contribution in [0.25, 0.3) is 0 Å². The average molecular weight is 327 g/mol. The van der Waals surface area contributed by atoms with Crippen molar-refractivity contribution in [3.05, 3.63) is 35.4 Å². The van der Waals surface area contributed by atoms with Gasteiger partial charge in [-0.2, -0.15) is 0 Å². The van der Waals surface area contributed by atoms with Gasteiger partial charge in [-0.1, -0.05) is 6.07 Å². The van der Waals surface area contributed by atoms with Crippen LogP contribution >= 0.6 is 0 Å². The van der Waals surface area contributed by atoms with Gasteiger partial charge in [0.2, 0.25) is 0 Å². The highest BCUT2D eigenvalue weighted by molar-refractivity contribution is 5.74. The zero-order chi connectivity index (χ0) is 17.0. The van der Waals surface area contributed by atoms with Gasteiger partial charge >= 0.3 is 6.03 Å². The van der Waals surface area contributed by atoms with Gasteiger partial charge in [0.1, 0.15) is 11.6 Å². The van der Waals surface area contributed by atoms with E-state index in [9.17, 15) is 18.7 Å². The van der Waals surface area contributed by atoms with Crippen LogP contribution in [0.15, 0.2) is 18.2 Å². The van der Waals surface area contributed by atoms with Gasteiger partial charge < -0.3 is 20.6 Å². The predicted octanol–water partition coefficient (Wildman–Crippen LogP) is 1.64. The summed E-state index contributed by atoms with van der Waals surface area (Å²) < 4.78 is 27.8. The number of aliphatic hydroxyl groups is 1. The lowest BCUT2D eigenvalue weighted by atomic mass is 10.0. The molecule has 0 bridgehead atoms. The zero-order valence-electron chi connectivity index (χ0n) is 13.4. The molecule has 7 heteroatoms. The molecule has 5 nitrogen and oxygen atoms in total. The maximum atomic E-state index is 13.9. The van der Waals surface area contributed by atoms with E-state index in [1.165, 1.54) is 18.2 Å². The Morgan fingerprint density at radius 2 is 1.91 bits per heavy atom. The Labute approximate surface area is 134 Å². The molecule has 0 heterocycles. The minimum atomic E-state index is -0.636. The zero-order valence-corrected chi connectivity index (χ0v) is 13.4. The van der Waals surface area contributed by atoms with E-state index >= 15 is 0 Å². The number of halogens is 2. The Hall–Kier alpha value is -1.73. The summed E-state index contributed by atoms with van der Waals surface area (Å²) in [6.45, 7) is 0.521. The maximum absolute atomic E-state index is 13.9. The van der Waals surface area contributed by atoms with Crippen LogP contribution in [0.5, 0.6) is 0 Å². The summed E-state index contributed by atoms with van der Waals surface area (Å²) in [6.07, 6.45) is 1.79. The molecule has 1 aromatic rings. The average Bonchev–Trinajstić information content (AvgIpc) is 3.28. The molecule has 1 aliphatic rings. The van der Waals surface area contributed by atoms with E-state index in [0.717, 1.165) is 12.8 Å². The van der Waals surface area contributed by atoms with Crippen molar-refractivity contribution in [1.82, 2.24) is 15.5 Å². The monoisotopic (exact) mass is 327 g/mol. The quantitative estimate of drug-likeness (QED) is 0.713. The number of aliphatic hydroxyl groups excluding tert-OH is 1. The molecule has 1 saturated carbocycles. The lowest BCUT2D eigenvalue weighted by Gasteiger charge is -2.26. The molecule has 1 unspecified atom stereocenters. The van der Waals surface area contributed by atoms with Crippen molar-refractivity contribution in [3.8, 4) is 0 Å². The van der Waals surface area contributed by atoms with Crippen LogP contribution in [0.4, 0.5) is 13.6 Å². The van der Waals surface area contributed by atoms with Gasteiger partial charge in [0.25, 0.3) is 0 Å². The number of rotatable bonds is 7. The van der Waals surface area contributed by atoms with Crippen LogP contribution in [0.2, 0.25) is 0 Å². The highest BCUT2D eigenvalue weighted by Crippen LogP contribution is 2.44. The van der Waals surface area contributed by atoms with E-state index < -0.39 is 23.7 Å². The van der Waals surface area contributed by atoms with Gasteiger partial charge in [0, 0.05) is 24.1 Å². The first-order valence-corrected chi connectivity index (χ1v) is 7.61. The molecule has 0 aromatic heterocycles. The lowest BCUT2D eigenvalue weighted by molar-refractivity contribution is 0.201. The Morgan fingerprint density at radius 3 is 2.39 bits per heavy atom. The third-order valence-electron chi connectivity index (χ3n) is 4.33. The summed E-state index contributed by atoms with van der Waals surface area (Å²) in [7, 11) is 3.39. The van der Waals surface area contributed by atoms with E-state index in [-0.39, 0.29) is 24.1 Å². The summed E-state index contributed by atoms with van der Waals surface area (Å²) in [5.41, 5.74) is -0.248. The number of carbonyl (C=O) groups is 1. The predicted molar refractivity (Wildman–Crippen MR) is 82.9 cm³/mol. The summed E-state index contributed by atoms with van der Waals surface area (Å²) in [4.78, 5) is 13.5. The first-order valence-electron chi connectivity index (χ1n) is 7.61. The van der Waals surface area contributed by atoms with Gasteiger partial charge in [0.15, 0.2) is 0 Å². The van der Waals surface area contributed by atoms with Crippen molar-refractivity contribution >= 4 is 6.03 Å². The molecule has 3 N–H and O–H groups in total. The molecule has 2 amide bonds. The van der Waals surface area contributed by atoms with Crippen molar-refractivity contribution in [2.75, 3.05) is 33.8 Å². The summed E-state index contributed by atoms with van der Waals surface area (Å²) in [5.74, 6) is -1.27. The third-order valence-corrected chi connectivity index (χ3v) is 4.33. The Bertz CT molecular complexity index is 542. The second-order valence-electron chi connectivity index (χ2n) is 6.34. The minimum Gasteiger partial charge on any atom is -0.396 e. The highest BCUT2D eigenvalue weighted by Gasteiger charge is 2.42. The molecule has 1 fully saturated rings. The molecule has 0 spiro atoms. The smallest absolute Gasteiger partial charge is 0.314 e. The molecule has 2 rings (SSSR count). The first-order chi connectivity index (χ1) is 10.9. The first kappa shape index (κ1) is 17.6. The number of hydrogen-bond acceptors (Lipinski definition) is 3. The van der Waals surface area contributed by atoms with Crippen LogP contribution in [-0.2, 0) is 0 Å². The van der Waals surface area contributed by atoms with E-state index in [0.29, 0.717) is 6.54 Å². The molecule has 0 saturated heterocycles. The van der Waals surface area contributed by atoms with Crippen LogP contribution in [-0.4, -0.2) is 49.8 Å². The Kier molecular flexibility index (Phi) is 5.54. The van der Waals surface area contributed by atoms with E-state index in [1.54, 1.807) is 19.0 Å². The molecular formula is C16H23F2N3O2. The van der Waals surface area contributed by atoms with Crippen molar-refractivity contribution < 1.29 is 18.7 Å². The molecule has 0 radical (unpaired) electrons. The standard InChI is InChI=1S/C16H23F2N3O2/c1-21(2)13(14-11(17)4-3-5-12(14)18)8-19-15(23)20-9-16(10-22)6-7-16/h3-5,13,22H,6-10H2,1-2H3,(H2,19,20,23). The summed E-state index contributed by atoms with van der Waals surface area (Å²) >= 11 is 0. The van der Waals surface area contributed by atoms with Crippen LogP contribution in [0.1, 0.15) is 24.4 Å². The fourth-order valence-electron chi connectivity index (χ4n) is 2.46. The number of likely N-dealkylation sites (N-methyl/N-ethyl adjacent to an activating group) is 1. The second-order valence-corrected chi connectivity index (χ2v) is 6.34. The summed E-state index contributed by atoms with van der Waals surface area (Å²) in [5, 5.41) is 14.5. The normalized spacial score (nSPS) is 17.0. The van der Waals surface area contributed by atoms with Gasteiger partial charge in [-0.3, -0.25) is 0 Å². The number of nitrogens with one attached hydrogen (secondary N) is 2. The number of benzene rings is 1. The second kappa shape index (κ2) is 7.23. The highest BCUT2D eigenvalue weighted by atomic mass is 19.1. The Morgan fingerprint density at radius 1 is 1.30 bits per heavy atom. The molecule has 1 atom stereocenters. The third kappa shape index (κ3) is 4.39. The number of hydrogen-bond donors (Lipinski definition) is 3. The van der Waals surface area contributed by atoms with Crippen molar-refractivity contribution in [2.45, 2.75) is 18.9 Å². The van der Waals surface area contributed by atoms with Gasteiger partial charge in [-0.25, -0.2) is 13.6 Å². The fraction of sp³-hybridized carbons (Fsp3) is 0.562. The molecule has 0 aliphatic heterocycles. The van der Waals surface area contributed by atoms with Gasteiger partial charge in [-0.15, -0.1) is 0 Å². The molecule has 1 aromatic carbocycles. The fourth-order valence-corrected chi connectivity index (χ4v) is 2.46. The molecular weight excluding hydrogens is 304 g/mol. The molecule has 23 heavy (non-hydrogen) atoms. The van der Waals surface area contributed by atoms with Crippen molar-refractivity contribution in [3.63, 3.8) is 0 Å². The van der Waals surface area contributed by atoms with E-state index in [4.69, 9.17) is 0 Å². The topological polar surface area (TPSA) is 64.6 Å². The minimum absolute atomic E-state index is 0.0496. The molecule has 1 aliphatic carbocycles. The van der Waals surface area contributed by atoms with Crippen LogP contribution in [0.3, 0.4) is 0 Å². The van der Waals surface area contributed by atoms with Crippen molar-refractivity contribution in [1.29, 1.82) is 0 Å². The number of urea groups is 1. The Balaban J connectivity index is 1.94. The van der Waals surface area contributed by atoms with Gasteiger partial charge in [0.05, 0.1) is 12.6 Å². The lowest BCUT2D eigenvalue weighted by Crippen LogP contribution is -2.43. The number of carbonyl (C=O) groups excluding carboxylic acids is 1. The van der Waals surface area contributed by atoms with E-state index in [2.05, 4.69) is 10.6 Å². The van der Waals surface area contributed by atoms with Crippen LogP contribution in [0, 0.1) is 17.0 Å². The van der Waals surface area contributed by atoms with Crippen molar-refractivity contribution in [2.24, 2.45) is 5.41 Å². The summed E-state index contributed by atoms with van der Waals surface area (Å²) in [6, 6.07) is 2.69. The van der Waals surface area contributed by atoms with Gasteiger partial charge in [-0.05, 0) is 39.1 Å². The van der Waals surface area contributed by atoms with Crippen LogP contribution < -0.4 is 10.6 Å². The number of amides is 2.